The zero-order valence-electron chi connectivity index (χ0n) is 17.9. The van der Waals surface area contributed by atoms with Gasteiger partial charge in [-0.15, -0.1) is 0 Å². The van der Waals surface area contributed by atoms with Crippen LogP contribution in [0.25, 0.3) is 0 Å². The van der Waals surface area contributed by atoms with Gasteiger partial charge < -0.3 is 15.5 Å². The van der Waals surface area contributed by atoms with Crippen LogP contribution in [-0.2, 0) is 9.59 Å². The molecule has 3 rings (SSSR count). The number of carbonyl (C=O) groups excluding carboxylic acids is 2. The molecule has 2 aliphatic rings. The molecule has 0 spiro atoms. The fourth-order valence-corrected chi connectivity index (χ4v) is 4.50. The highest BCUT2D eigenvalue weighted by atomic mass is 16.2. The van der Waals surface area contributed by atoms with Crippen molar-refractivity contribution in [3.63, 3.8) is 0 Å². The molecule has 0 bridgehead atoms. The van der Waals surface area contributed by atoms with Gasteiger partial charge >= 0.3 is 0 Å². The standard InChI is InChI=1S/C24H37N3O2/c1-2-3-5-16-25-23(28)19-8-10-20(11-9-19)24(29)26-21-12-14-22(15-13-21)27-17-6-4-7-18-27/h12-15,19-20H,2-11,16-18H2,1H3,(H,25,28)(H,26,29). The van der Waals surface area contributed by atoms with Crippen molar-refractivity contribution in [1.82, 2.24) is 5.32 Å². The van der Waals surface area contributed by atoms with Crippen LogP contribution in [0.15, 0.2) is 24.3 Å². The summed E-state index contributed by atoms with van der Waals surface area (Å²) in [5, 5.41) is 6.14. The fourth-order valence-electron chi connectivity index (χ4n) is 4.50. The van der Waals surface area contributed by atoms with E-state index in [-0.39, 0.29) is 23.7 Å². The first-order chi connectivity index (χ1) is 14.2. The average Bonchev–Trinajstić information content (AvgIpc) is 2.78. The quantitative estimate of drug-likeness (QED) is 0.621. The van der Waals surface area contributed by atoms with Crippen LogP contribution in [0, 0.1) is 11.8 Å². The second-order valence-corrected chi connectivity index (χ2v) is 8.63. The fraction of sp³-hybridized carbons (Fsp3) is 0.667. The number of nitrogens with zero attached hydrogens (tertiary/aromatic N) is 1. The number of amides is 2. The molecule has 1 aliphatic heterocycles. The van der Waals surface area contributed by atoms with Crippen molar-refractivity contribution in [3.05, 3.63) is 24.3 Å². The van der Waals surface area contributed by atoms with Crippen LogP contribution in [0.1, 0.15) is 71.1 Å². The minimum atomic E-state index is 0.0147. The van der Waals surface area contributed by atoms with Crippen LogP contribution < -0.4 is 15.5 Å². The molecule has 1 aliphatic carbocycles. The molecule has 1 heterocycles. The molecular formula is C24H37N3O2. The molecule has 2 amide bonds. The molecule has 160 valence electrons. The van der Waals surface area contributed by atoms with Crippen molar-refractivity contribution in [3.8, 4) is 0 Å². The first kappa shape index (κ1) is 21.7. The summed E-state index contributed by atoms with van der Waals surface area (Å²) >= 11 is 0. The maximum atomic E-state index is 12.7. The molecule has 29 heavy (non-hydrogen) atoms. The van der Waals surface area contributed by atoms with Gasteiger partial charge in [0, 0.05) is 42.8 Å². The van der Waals surface area contributed by atoms with E-state index < -0.39 is 0 Å². The van der Waals surface area contributed by atoms with Crippen molar-refractivity contribution in [2.75, 3.05) is 29.9 Å². The van der Waals surface area contributed by atoms with Crippen LogP contribution in [0.2, 0.25) is 0 Å². The second kappa shape index (κ2) is 11.2. The van der Waals surface area contributed by atoms with Gasteiger partial charge in [0.25, 0.3) is 0 Å². The van der Waals surface area contributed by atoms with E-state index in [2.05, 4.69) is 34.6 Å². The maximum absolute atomic E-state index is 12.7. The number of anilines is 2. The smallest absolute Gasteiger partial charge is 0.227 e. The van der Waals surface area contributed by atoms with E-state index in [1.807, 2.05) is 12.1 Å². The van der Waals surface area contributed by atoms with Crippen LogP contribution in [0.4, 0.5) is 11.4 Å². The molecular weight excluding hydrogens is 362 g/mol. The van der Waals surface area contributed by atoms with Crippen molar-refractivity contribution in [2.45, 2.75) is 71.1 Å². The average molecular weight is 400 g/mol. The Bertz CT molecular complexity index is 645. The van der Waals surface area contributed by atoms with Crippen molar-refractivity contribution in [1.29, 1.82) is 0 Å². The Kier molecular flexibility index (Phi) is 8.38. The number of hydrogen-bond donors (Lipinski definition) is 2. The molecule has 5 nitrogen and oxygen atoms in total. The van der Waals surface area contributed by atoms with Gasteiger partial charge in [0.1, 0.15) is 0 Å². The molecule has 1 aromatic carbocycles. The molecule has 0 radical (unpaired) electrons. The van der Waals surface area contributed by atoms with Crippen LogP contribution >= 0.6 is 0 Å². The van der Waals surface area contributed by atoms with Crippen LogP contribution in [0.5, 0.6) is 0 Å². The largest absolute Gasteiger partial charge is 0.372 e. The summed E-state index contributed by atoms with van der Waals surface area (Å²) in [6.07, 6.45) is 10.4. The van der Waals surface area contributed by atoms with Gasteiger partial charge in [-0.25, -0.2) is 0 Å². The van der Waals surface area contributed by atoms with Gasteiger partial charge in [0.15, 0.2) is 0 Å². The number of nitrogens with one attached hydrogen (secondary N) is 2. The normalized spacial score (nSPS) is 22.2. The first-order valence-electron chi connectivity index (χ1n) is 11.6. The Hall–Kier alpha value is -2.04. The highest BCUT2D eigenvalue weighted by Gasteiger charge is 2.29. The first-order valence-corrected chi connectivity index (χ1v) is 11.6. The van der Waals surface area contributed by atoms with E-state index in [4.69, 9.17) is 0 Å². The van der Waals surface area contributed by atoms with E-state index in [0.717, 1.165) is 70.3 Å². The topological polar surface area (TPSA) is 61.4 Å². The third-order valence-corrected chi connectivity index (χ3v) is 6.40. The molecule has 1 saturated heterocycles. The third kappa shape index (κ3) is 6.48. The molecule has 1 saturated carbocycles. The summed E-state index contributed by atoms with van der Waals surface area (Å²) in [4.78, 5) is 27.3. The Balaban J connectivity index is 1.40. The number of rotatable bonds is 8. The molecule has 0 unspecified atom stereocenters. The summed E-state index contributed by atoms with van der Waals surface area (Å²) in [5.41, 5.74) is 2.11. The lowest BCUT2D eigenvalue weighted by atomic mass is 9.81. The number of piperidine rings is 1. The van der Waals surface area contributed by atoms with E-state index in [9.17, 15) is 9.59 Å². The maximum Gasteiger partial charge on any atom is 0.227 e. The Morgan fingerprint density at radius 3 is 2.14 bits per heavy atom. The zero-order chi connectivity index (χ0) is 20.5. The van der Waals surface area contributed by atoms with Gasteiger partial charge in [0.05, 0.1) is 0 Å². The van der Waals surface area contributed by atoms with Crippen molar-refractivity contribution < 1.29 is 9.59 Å². The van der Waals surface area contributed by atoms with Crippen molar-refractivity contribution in [2.24, 2.45) is 11.8 Å². The SMILES string of the molecule is CCCCCNC(=O)C1CCC(C(=O)Nc2ccc(N3CCCCC3)cc2)CC1. The third-order valence-electron chi connectivity index (χ3n) is 6.40. The number of unbranched alkanes of at least 4 members (excludes halogenated alkanes) is 2. The van der Waals surface area contributed by atoms with Crippen molar-refractivity contribution >= 4 is 23.2 Å². The summed E-state index contributed by atoms with van der Waals surface area (Å²) in [6, 6.07) is 8.25. The van der Waals surface area contributed by atoms with Crippen LogP contribution in [-0.4, -0.2) is 31.4 Å². The summed E-state index contributed by atoms with van der Waals surface area (Å²) in [6.45, 7) is 5.19. The monoisotopic (exact) mass is 399 g/mol. The van der Waals surface area contributed by atoms with E-state index in [1.54, 1.807) is 0 Å². The number of carbonyl (C=O) groups is 2. The van der Waals surface area contributed by atoms with Gasteiger partial charge in [-0.1, -0.05) is 19.8 Å². The minimum absolute atomic E-state index is 0.0147. The Morgan fingerprint density at radius 2 is 1.52 bits per heavy atom. The molecule has 0 atom stereocenters. The van der Waals surface area contributed by atoms with E-state index in [1.165, 1.54) is 24.9 Å². The molecule has 0 aromatic heterocycles. The number of hydrogen-bond acceptors (Lipinski definition) is 3. The lowest BCUT2D eigenvalue weighted by Gasteiger charge is -2.29. The summed E-state index contributed by atoms with van der Waals surface area (Å²) < 4.78 is 0. The molecule has 5 heteroatoms. The van der Waals surface area contributed by atoms with Gasteiger partial charge in [0.2, 0.25) is 11.8 Å². The molecule has 2 N–H and O–H groups in total. The van der Waals surface area contributed by atoms with Crippen LogP contribution in [0.3, 0.4) is 0 Å². The predicted octanol–water partition coefficient (Wildman–Crippen LogP) is 4.73. The highest BCUT2D eigenvalue weighted by molar-refractivity contribution is 5.93. The number of benzene rings is 1. The Labute approximate surface area is 175 Å². The van der Waals surface area contributed by atoms with Gasteiger partial charge in [-0.05, 0) is 75.6 Å². The second-order valence-electron chi connectivity index (χ2n) is 8.63. The molecule has 2 fully saturated rings. The predicted molar refractivity (Wildman–Crippen MR) is 119 cm³/mol. The molecule has 1 aromatic rings. The summed E-state index contributed by atoms with van der Waals surface area (Å²) in [7, 11) is 0. The zero-order valence-corrected chi connectivity index (χ0v) is 17.9. The van der Waals surface area contributed by atoms with E-state index in [0.29, 0.717) is 0 Å². The summed E-state index contributed by atoms with van der Waals surface area (Å²) in [5.74, 6) is 0.358. The van der Waals surface area contributed by atoms with Gasteiger partial charge in [-0.2, -0.15) is 0 Å². The lowest BCUT2D eigenvalue weighted by molar-refractivity contribution is -0.128. The highest BCUT2D eigenvalue weighted by Crippen LogP contribution is 2.30. The van der Waals surface area contributed by atoms with E-state index >= 15 is 0 Å². The Morgan fingerprint density at radius 1 is 0.897 bits per heavy atom. The lowest BCUT2D eigenvalue weighted by Crippen LogP contribution is -2.35. The van der Waals surface area contributed by atoms with Gasteiger partial charge in [-0.3, -0.25) is 9.59 Å². The minimum Gasteiger partial charge on any atom is -0.372 e.